The van der Waals surface area contributed by atoms with Gasteiger partial charge in [0.1, 0.15) is 21.4 Å². The first kappa shape index (κ1) is 16.5. The van der Waals surface area contributed by atoms with Crippen LogP contribution in [0.2, 0.25) is 0 Å². The van der Waals surface area contributed by atoms with Crippen molar-refractivity contribution in [3.63, 3.8) is 0 Å². The van der Waals surface area contributed by atoms with E-state index in [0.717, 1.165) is 20.8 Å². The van der Waals surface area contributed by atoms with Crippen molar-refractivity contribution in [1.29, 1.82) is 0 Å². The number of carbonyl (C=O) groups is 1. The van der Waals surface area contributed by atoms with E-state index in [9.17, 15) is 4.79 Å². The van der Waals surface area contributed by atoms with Gasteiger partial charge in [0.15, 0.2) is 0 Å². The van der Waals surface area contributed by atoms with Gasteiger partial charge in [-0.05, 0) is 17.0 Å². The third-order valence-corrected chi connectivity index (χ3v) is 6.18. The highest BCUT2D eigenvalue weighted by Gasteiger charge is 2.29. The Hall–Kier alpha value is -1.96. The van der Waals surface area contributed by atoms with Crippen LogP contribution in [-0.2, 0) is 9.53 Å². The molecule has 7 heteroatoms. The number of hydrogen-bond acceptors (Lipinski definition) is 6. The number of amides is 1. The van der Waals surface area contributed by atoms with Gasteiger partial charge in [-0.2, -0.15) is 0 Å². The Morgan fingerprint density at radius 1 is 1.16 bits per heavy atom. The number of benzene rings is 1. The molecule has 0 radical (unpaired) electrons. The van der Waals surface area contributed by atoms with E-state index >= 15 is 0 Å². The van der Waals surface area contributed by atoms with Crippen molar-refractivity contribution in [2.75, 3.05) is 26.3 Å². The lowest BCUT2D eigenvalue weighted by Gasteiger charge is -2.30. The number of rotatable bonds is 4. The first-order valence-corrected chi connectivity index (χ1v) is 9.85. The Morgan fingerprint density at radius 2 is 1.96 bits per heavy atom. The highest BCUT2D eigenvalue weighted by Crippen LogP contribution is 2.39. The third-order valence-electron chi connectivity index (χ3n) is 4.10. The van der Waals surface area contributed by atoms with Crippen LogP contribution in [0.25, 0.3) is 10.2 Å². The van der Waals surface area contributed by atoms with Gasteiger partial charge in [-0.3, -0.25) is 4.79 Å². The van der Waals surface area contributed by atoms with Gasteiger partial charge in [0.05, 0.1) is 13.2 Å². The minimum atomic E-state index is -0.322. The predicted octanol–water partition coefficient (Wildman–Crippen LogP) is 3.38. The van der Waals surface area contributed by atoms with Gasteiger partial charge in [0.25, 0.3) is 0 Å². The zero-order valence-electron chi connectivity index (χ0n) is 13.5. The van der Waals surface area contributed by atoms with Crippen molar-refractivity contribution in [3.05, 3.63) is 53.7 Å². The lowest BCUT2D eigenvalue weighted by molar-refractivity contribution is -0.134. The summed E-state index contributed by atoms with van der Waals surface area (Å²) < 4.78 is 5.38. The maximum absolute atomic E-state index is 13.2. The number of hydrogen-bond donors (Lipinski definition) is 0. The molecule has 2 aromatic heterocycles. The van der Waals surface area contributed by atoms with Crippen LogP contribution < -0.4 is 0 Å². The number of carbonyl (C=O) groups excluding carboxylic acids is 1. The summed E-state index contributed by atoms with van der Waals surface area (Å²) in [6.45, 7) is 2.47. The van der Waals surface area contributed by atoms with Crippen LogP contribution in [0, 0.1) is 0 Å². The van der Waals surface area contributed by atoms with Crippen LogP contribution in [0.3, 0.4) is 0 Å². The third kappa shape index (κ3) is 3.53. The standard InChI is InChI=1S/C18H17N3O2S2/c22-18(21-7-9-23-10-8-21)15(13-4-2-1-3-5-13)25-17-14-6-11-24-16(14)19-12-20-17/h1-6,11-12,15H,7-10H2/t15-/m0/s1. The van der Waals surface area contributed by atoms with Gasteiger partial charge in [-0.1, -0.05) is 42.1 Å². The first-order chi connectivity index (χ1) is 12.3. The lowest BCUT2D eigenvalue weighted by atomic mass is 10.1. The number of morpholine rings is 1. The number of ether oxygens (including phenoxy) is 1. The topological polar surface area (TPSA) is 55.3 Å². The van der Waals surface area contributed by atoms with Gasteiger partial charge in [-0.15, -0.1) is 11.3 Å². The molecule has 4 rings (SSSR count). The molecular formula is C18H17N3O2S2. The average Bonchev–Trinajstić information content (AvgIpc) is 3.16. The lowest BCUT2D eigenvalue weighted by Crippen LogP contribution is -2.42. The number of nitrogens with zero attached hydrogens (tertiary/aromatic N) is 3. The summed E-state index contributed by atoms with van der Waals surface area (Å²) in [6, 6.07) is 11.9. The Balaban J connectivity index is 1.68. The summed E-state index contributed by atoms with van der Waals surface area (Å²) >= 11 is 3.09. The molecule has 128 valence electrons. The van der Waals surface area contributed by atoms with E-state index < -0.39 is 0 Å². The molecule has 0 aliphatic carbocycles. The second kappa shape index (κ2) is 7.51. The predicted molar refractivity (Wildman–Crippen MR) is 99.9 cm³/mol. The second-order valence-corrected chi connectivity index (χ2v) is 7.65. The largest absolute Gasteiger partial charge is 0.378 e. The van der Waals surface area contributed by atoms with Gasteiger partial charge in [0, 0.05) is 18.5 Å². The highest BCUT2D eigenvalue weighted by molar-refractivity contribution is 8.00. The molecule has 0 bridgehead atoms. The molecule has 1 aromatic carbocycles. The molecule has 1 atom stereocenters. The molecule has 5 nitrogen and oxygen atoms in total. The fourth-order valence-corrected chi connectivity index (χ4v) is 4.77. The quantitative estimate of drug-likeness (QED) is 0.520. The molecule has 0 N–H and O–H groups in total. The molecule has 1 aliphatic rings. The van der Waals surface area contributed by atoms with Gasteiger partial charge < -0.3 is 9.64 Å². The van der Waals surface area contributed by atoms with Crippen LogP contribution in [0.4, 0.5) is 0 Å². The molecule has 1 fully saturated rings. The normalized spacial score (nSPS) is 16.1. The molecule has 3 heterocycles. The van der Waals surface area contributed by atoms with Crippen molar-refractivity contribution in [2.45, 2.75) is 10.3 Å². The number of aromatic nitrogens is 2. The zero-order chi connectivity index (χ0) is 17.1. The number of fused-ring (bicyclic) bond motifs is 1. The summed E-state index contributed by atoms with van der Waals surface area (Å²) in [5.41, 5.74) is 0.992. The van der Waals surface area contributed by atoms with E-state index in [0.29, 0.717) is 26.3 Å². The van der Waals surface area contributed by atoms with Gasteiger partial charge >= 0.3 is 0 Å². The second-order valence-electron chi connectivity index (χ2n) is 5.66. The van der Waals surface area contributed by atoms with E-state index in [1.165, 1.54) is 11.8 Å². The fraction of sp³-hybridized carbons (Fsp3) is 0.278. The van der Waals surface area contributed by atoms with Crippen molar-refractivity contribution < 1.29 is 9.53 Å². The maximum atomic E-state index is 13.2. The molecule has 1 amide bonds. The molecule has 25 heavy (non-hydrogen) atoms. The van der Waals surface area contributed by atoms with E-state index in [-0.39, 0.29) is 11.2 Å². The molecule has 0 saturated carbocycles. The summed E-state index contributed by atoms with van der Waals surface area (Å²) in [5, 5.41) is 3.54. The van der Waals surface area contributed by atoms with Gasteiger partial charge in [0.2, 0.25) is 5.91 Å². The summed E-state index contributed by atoms with van der Waals surface area (Å²) in [4.78, 5) is 24.8. The SMILES string of the molecule is O=C([C@@H](Sc1ncnc2sccc12)c1ccccc1)N1CCOCC1. The summed E-state index contributed by atoms with van der Waals surface area (Å²) in [7, 11) is 0. The van der Waals surface area contributed by atoms with Crippen LogP contribution >= 0.6 is 23.1 Å². The zero-order valence-corrected chi connectivity index (χ0v) is 15.1. The molecule has 0 spiro atoms. The van der Waals surface area contributed by atoms with Crippen molar-refractivity contribution >= 4 is 39.2 Å². The van der Waals surface area contributed by atoms with Crippen LogP contribution in [0.15, 0.2) is 53.1 Å². The number of thioether (sulfide) groups is 1. The Bertz CT molecular complexity index is 863. The van der Waals surface area contributed by atoms with Crippen molar-refractivity contribution in [2.24, 2.45) is 0 Å². The number of thiophene rings is 1. The Morgan fingerprint density at radius 3 is 2.76 bits per heavy atom. The minimum absolute atomic E-state index is 0.112. The first-order valence-electron chi connectivity index (χ1n) is 8.09. The highest BCUT2D eigenvalue weighted by atomic mass is 32.2. The fourth-order valence-electron chi connectivity index (χ4n) is 2.81. The maximum Gasteiger partial charge on any atom is 0.240 e. The molecule has 0 unspecified atom stereocenters. The van der Waals surface area contributed by atoms with E-state index in [1.807, 2.05) is 46.7 Å². The van der Waals surface area contributed by atoms with Crippen molar-refractivity contribution in [1.82, 2.24) is 14.9 Å². The average molecular weight is 371 g/mol. The van der Waals surface area contributed by atoms with Crippen LogP contribution in [-0.4, -0.2) is 47.1 Å². The van der Waals surface area contributed by atoms with Crippen LogP contribution in [0.5, 0.6) is 0 Å². The van der Waals surface area contributed by atoms with Crippen molar-refractivity contribution in [3.8, 4) is 0 Å². The molecule has 1 saturated heterocycles. The molecule has 3 aromatic rings. The van der Waals surface area contributed by atoms with E-state index in [1.54, 1.807) is 17.7 Å². The summed E-state index contributed by atoms with van der Waals surface area (Å²) in [6.07, 6.45) is 1.57. The Kier molecular flexibility index (Phi) is 4.96. The monoisotopic (exact) mass is 371 g/mol. The van der Waals surface area contributed by atoms with E-state index in [2.05, 4.69) is 9.97 Å². The van der Waals surface area contributed by atoms with Gasteiger partial charge in [-0.25, -0.2) is 9.97 Å². The minimum Gasteiger partial charge on any atom is -0.378 e. The van der Waals surface area contributed by atoms with E-state index in [4.69, 9.17) is 4.74 Å². The summed E-state index contributed by atoms with van der Waals surface area (Å²) in [5.74, 6) is 0.112. The molecular weight excluding hydrogens is 354 g/mol. The molecule has 1 aliphatic heterocycles. The Labute approximate surface area is 154 Å². The smallest absolute Gasteiger partial charge is 0.240 e. The van der Waals surface area contributed by atoms with Crippen LogP contribution in [0.1, 0.15) is 10.8 Å².